The zero-order valence-corrected chi connectivity index (χ0v) is 8.80. The molecule has 0 aliphatic carbocycles. The molecule has 6 heteroatoms. The van der Waals surface area contributed by atoms with E-state index in [0.29, 0.717) is 17.2 Å². The van der Waals surface area contributed by atoms with E-state index in [1.807, 2.05) is 0 Å². The average Bonchev–Trinajstić information content (AvgIpc) is 2.73. The van der Waals surface area contributed by atoms with Crippen LogP contribution < -0.4 is 20.5 Å². The van der Waals surface area contributed by atoms with Crippen LogP contribution in [0, 0.1) is 0 Å². The van der Waals surface area contributed by atoms with Crippen molar-refractivity contribution < 1.29 is 19.1 Å². The predicted molar refractivity (Wildman–Crippen MR) is 59.5 cm³/mol. The number of nitrogens with two attached hydrogens (primary N) is 1. The van der Waals surface area contributed by atoms with E-state index < -0.39 is 11.8 Å². The third-order valence-corrected chi connectivity index (χ3v) is 2.04. The van der Waals surface area contributed by atoms with Gasteiger partial charge in [-0.15, -0.1) is 0 Å². The normalized spacial score (nSPS) is 12.7. The molecule has 2 rings (SSSR count). The van der Waals surface area contributed by atoms with Gasteiger partial charge in [-0.3, -0.25) is 9.59 Å². The van der Waals surface area contributed by atoms with Crippen LogP contribution in [0.5, 0.6) is 11.5 Å². The van der Waals surface area contributed by atoms with Crippen molar-refractivity contribution in [1.82, 2.24) is 0 Å². The highest BCUT2D eigenvalue weighted by molar-refractivity contribution is 6.03. The highest BCUT2D eigenvalue weighted by Crippen LogP contribution is 2.34. The van der Waals surface area contributed by atoms with Crippen molar-refractivity contribution >= 4 is 17.5 Å². The smallest absolute Gasteiger partial charge is 0.248 e. The predicted octanol–water partition coefficient (Wildman–Crippen LogP) is 0.395. The molecular formula is C11H10N2O4. The molecule has 1 aliphatic rings. The molecule has 1 aromatic carbocycles. The minimum Gasteiger partial charge on any atom is -0.454 e. The molecule has 2 amide bonds. The second kappa shape index (κ2) is 4.56. The molecule has 0 atom stereocenters. The number of amides is 2. The molecule has 0 aromatic heterocycles. The number of ether oxygens (including phenoxy) is 2. The van der Waals surface area contributed by atoms with Gasteiger partial charge in [-0.05, 0) is 12.1 Å². The van der Waals surface area contributed by atoms with Crippen LogP contribution in [0.15, 0.2) is 30.4 Å². The van der Waals surface area contributed by atoms with Gasteiger partial charge in [0.1, 0.15) is 0 Å². The standard InChI is InChI=1S/C11H10N2O4/c12-10(14)3-4-11(15)13-7-1-2-8-9(5-7)17-6-16-8/h1-5H,6H2,(H2,12,14)(H,13,15). The molecule has 0 spiro atoms. The van der Waals surface area contributed by atoms with Crippen molar-refractivity contribution in [3.05, 3.63) is 30.4 Å². The molecule has 0 bridgehead atoms. The fraction of sp³-hybridized carbons (Fsp3) is 0.0909. The molecule has 0 unspecified atom stereocenters. The lowest BCUT2D eigenvalue weighted by atomic mass is 10.2. The van der Waals surface area contributed by atoms with Crippen molar-refractivity contribution in [1.29, 1.82) is 0 Å². The van der Waals surface area contributed by atoms with Crippen LogP contribution >= 0.6 is 0 Å². The summed E-state index contributed by atoms with van der Waals surface area (Å²) in [7, 11) is 0. The number of nitrogens with one attached hydrogen (secondary N) is 1. The number of benzene rings is 1. The fourth-order valence-electron chi connectivity index (χ4n) is 1.32. The third-order valence-electron chi connectivity index (χ3n) is 2.04. The maximum Gasteiger partial charge on any atom is 0.248 e. The first-order valence-corrected chi connectivity index (χ1v) is 4.83. The van der Waals surface area contributed by atoms with E-state index in [1.165, 1.54) is 0 Å². The third kappa shape index (κ3) is 2.75. The Kier molecular flexibility index (Phi) is 2.95. The van der Waals surface area contributed by atoms with E-state index in [4.69, 9.17) is 15.2 Å². The van der Waals surface area contributed by atoms with Gasteiger partial charge in [-0.25, -0.2) is 0 Å². The maximum atomic E-state index is 11.3. The number of carbonyl (C=O) groups is 2. The Hall–Kier alpha value is -2.50. The molecule has 17 heavy (non-hydrogen) atoms. The Bertz CT molecular complexity index is 496. The van der Waals surface area contributed by atoms with Crippen molar-refractivity contribution in [2.24, 2.45) is 5.73 Å². The first kappa shape index (κ1) is 11.0. The van der Waals surface area contributed by atoms with Gasteiger partial charge in [0.25, 0.3) is 0 Å². The highest BCUT2D eigenvalue weighted by Gasteiger charge is 2.13. The lowest BCUT2D eigenvalue weighted by molar-refractivity contribution is -0.115. The Morgan fingerprint density at radius 2 is 2.00 bits per heavy atom. The summed E-state index contributed by atoms with van der Waals surface area (Å²) in [6.45, 7) is 0.175. The van der Waals surface area contributed by atoms with Crippen molar-refractivity contribution in [3.8, 4) is 11.5 Å². The van der Waals surface area contributed by atoms with Gasteiger partial charge in [-0.1, -0.05) is 0 Å². The Labute approximate surface area is 97.0 Å². The molecule has 0 saturated heterocycles. The molecule has 1 aliphatic heterocycles. The molecule has 1 heterocycles. The number of rotatable bonds is 3. The molecule has 0 radical (unpaired) electrons. The largest absolute Gasteiger partial charge is 0.454 e. The molecule has 3 N–H and O–H groups in total. The minimum atomic E-state index is -0.675. The number of hydrogen-bond donors (Lipinski definition) is 2. The van der Waals surface area contributed by atoms with Gasteiger partial charge in [0.2, 0.25) is 18.6 Å². The van der Waals surface area contributed by atoms with Crippen LogP contribution in [-0.4, -0.2) is 18.6 Å². The second-order valence-electron chi connectivity index (χ2n) is 3.29. The maximum absolute atomic E-state index is 11.3. The lowest BCUT2D eigenvalue weighted by Gasteiger charge is -2.03. The van der Waals surface area contributed by atoms with E-state index in [-0.39, 0.29) is 6.79 Å². The molecule has 1 aromatic rings. The van der Waals surface area contributed by atoms with E-state index in [1.54, 1.807) is 18.2 Å². The van der Waals surface area contributed by atoms with E-state index in [9.17, 15) is 9.59 Å². The monoisotopic (exact) mass is 234 g/mol. The topological polar surface area (TPSA) is 90.7 Å². The van der Waals surface area contributed by atoms with Gasteiger partial charge in [0.15, 0.2) is 11.5 Å². The second-order valence-corrected chi connectivity index (χ2v) is 3.29. The Morgan fingerprint density at radius 3 is 2.76 bits per heavy atom. The molecule has 0 fully saturated rings. The molecular weight excluding hydrogens is 224 g/mol. The highest BCUT2D eigenvalue weighted by atomic mass is 16.7. The zero-order chi connectivity index (χ0) is 12.3. The average molecular weight is 234 g/mol. The van der Waals surface area contributed by atoms with Gasteiger partial charge in [0, 0.05) is 23.9 Å². The SMILES string of the molecule is NC(=O)C=CC(=O)Nc1ccc2c(c1)OCO2. The molecule has 6 nitrogen and oxygen atoms in total. The van der Waals surface area contributed by atoms with Crippen LogP contribution in [0.4, 0.5) is 5.69 Å². The number of carbonyl (C=O) groups excluding carboxylic acids is 2. The van der Waals surface area contributed by atoms with Gasteiger partial charge in [-0.2, -0.15) is 0 Å². The summed E-state index contributed by atoms with van der Waals surface area (Å²) in [6, 6.07) is 5.00. The summed E-state index contributed by atoms with van der Waals surface area (Å²) in [6.07, 6.45) is 2.05. The summed E-state index contributed by atoms with van der Waals surface area (Å²) in [5.74, 6) is 0.0888. The van der Waals surface area contributed by atoms with Crippen LogP contribution in [0.1, 0.15) is 0 Å². The number of primary amides is 1. The summed E-state index contributed by atoms with van der Waals surface area (Å²) in [5.41, 5.74) is 5.42. The zero-order valence-electron chi connectivity index (χ0n) is 8.80. The van der Waals surface area contributed by atoms with Crippen LogP contribution in [0.25, 0.3) is 0 Å². The summed E-state index contributed by atoms with van der Waals surface area (Å²) >= 11 is 0. The van der Waals surface area contributed by atoms with Crippen molar-refractivity contribution in [2.75, 3.05) is 12.1 Å². The van der Waals surface area contributed by atoms with E-state index >= 15 is 0 Å². The van der Waals surface area contributed by atoms with Gasteiger partial charge in [0.05, 0.1) is 0 Å². The van der Waals surface area contributed by atoms with Crippen molar-refractivity contribution in [3.63, 3.8) is 0 Å². The Morgan fingerprint density at radius 1 is 1.24 bits per heavy atom. The molecule has 0 saturated carbocycles. The van der Waals surface area contributed by atoms with Crippen LogP contribution in [-0.2, 0) is 9.59 Å². The van der Waals surface area contributed by atoms with E-state index in [2.05, 4.69) is 5.32 Å². The number of anilines is 1. The van der Waals surface area contributed by atoms with Crippen LogP contribution in [0.2, 0.25) is 0 Å². The summed E-state index contributed by atoms with van der Waals surface area (Å²) in [5, 5.41) is 2.56. The fourth-order valence-corrected chi connectivity index (χ4v) is 1.32. The summed E-state index contributed by atoms with van der Waals surface area (Å²) in [4.78, 5) is 21.8. The van der Waals surface area contributed by atoms with E-state index in [0.717, 1.165) is 12.2 Å². The first-order chi connectivity index (χ1) is 8.15. The number of hydrogen-bond acceptors (Lipinski definition) is 4. The van der Waals surface area contributed by atoms with Crippen molar-refractivity contribution in [2.45, 2.75) is 0 Å². The van der Waals surface area contributed by atoms with Crippen LogP contribution in [0.3, 0.4) is 0 Å². The van der Waals surface area contributed by atoms with Gasteiger partial charge >= 0.3 is 0 Å². The Balaban J connectivity index is 2.04. The number of fused-ring (bicyclic) bond motifs is 1. The molecule has 88 valence electrons. The summed E-state index contributed by atoms with van der Waals surface area (Å²) < 4.78 is 10.3. The lowest BCUT2D eigenvalue weighted by Crippen LogP contribution is -2.11. The first-order valence-electron chi connectivity index (χ1n) is 4.83. The van der Waals surface area contributed by atoms with Gasteiger partial charge < -0.3 is 20.5 Å². The minimum absolute atomic E-state index is 0.175. The quantitative estimate of drug-likeness (QED) is 0.740.